The number of carbonyl (C=O) groups is 1. The van der Waals surface area contributed by atoms with Crippen LogP contribution in [0.25, 0.3) is 0 Å². The summed E-state index contributed by atoms with van der Waals surface area (Å²) < 4.78 is 1.67. The molecular formula is C16H23N7O. The maximum Gasteiger partial charge on any atom is 0.224 e. The fourth-order valence-electron chi connectivity index (χ4n) is 2.91. The van der Waals surface area contributed by atoms with Crippen LogP contribution >= 0.6 is 0 Å². The SMILES string of the molecule is Cc1nnnn1CCC(=O)N1CCCN(Cc2ccccn2)CC1. The van der Waals surface area contributed by atoms with Gasteiger partial charge in [-0.3, -0.25) is 14.7 Å². The second kappa shape index (κ2) is 7.96. The lowest BCUT2D eigenvalue weighted by atomic mass is 10.3. The van der Waals surface area contributed by atoms with Crippen LogP contribution in [0.3, 0.4) is 0 Å². The Kier molecular flexibility index (Phi) is 5.47. The van der Waals surface area contributed by atoms with Crippen molar-refractivity contribution < 1.29 is 4.79 Å². The van der Waals surface area contributed by atoms with Crippen LogP contribution in [0.1, 0.15) is 24.4 Å². The van der Waals surface area contributed by atoms with Crippen LogP contribution in [-0.4, -0.2) is 67.1 Å². The van der Waals surface area contributed by atoms with Crippen LogP contribution in [0.5, 0.6) is 0 Å². The summed E-state index contributed by atoms with van der Waals surface area (Å²) in [5.74, 6) is 0.907. The number of aromatic nitrogens is 5. The summed E-state index contributed by atoms with van der Waals surface area (Å²) in [6, 6.07) is 5.98. The van der Waals surface area contributed by atoms with Crippen molar-refractivity contribution in [2.45, 2.75) is 32.9 Å². The van der Waals surface area contributed by atoms with Gasteiger partial charge in [-0.05, 0) is 35.9 Å². The maximum atomic E-state index is 12.4. The molecule has 0 atom stereocenters. The Bertz CT molecular complexity index is 657. The Morgan fingerprint density at radius 3 is 2.88 bits per heavy atom. The Labute approximate surface area is 141 Å². The van der Waals surface area contributed by atoms with E-state index in [0.29, 0.717) is 13.0 Å². The number of hydrogen-bond acceptors (Lipinski definition) is 6. The predicted molar refractivity (Wildman–Crippen MR) is 87.9 cm³/mol. The van der Waals surface area contributed by atoms with E-state index in [1.54, 1.807) is 4.68 Å². The average Bonchev–Trinajstić information content (AvgIpc) is 2.86. The van der Waals surface area contributed by atoms with Gasteiger partial charge in [0.15, 0.2) is 0 Å². The molecule has 1 saturated heterocycles. The first-order valence-electron chi connectivity index (χ1n) is 8.35. The van der Waals surface area contributed by atoms with Gasteiger partial charge in [0.1, 0.15) is 5.82 Å². The van der Waals surface area contributed by atoms with E-state index in [2.05, 4.69) is 25.4 Å². The molecule has 8 heteroatoms. The standard InChI is InChI=1S/C16H23N7O/c1-14-18-19-20-23(14)10-6-16(24)22-9-4-8-21(11-12-22)13-15-5-2-3-7-17-15/h2-3,5,7H,4,6,8-13H2,1H3. The second-order valence-electron chi connectivity index (χ2n) is 6.03. The second-order valence-corrected chi connectivity index (χ2v) is 6.03. The molecule has 128 valence electrons. The molecule has 3 heterocycles. The molecule has 24 heavy (non-hydrogen) atoms. The molecule has 0 bridgehead atoms. The van der Waals surface area contributed by atoms with Gasteiger partial charge >= 0.3 is 0 Å². The Morgan fingerprint density at radius 1 is 1.21 bits per heavy atom. The van der Waals surface area contributed by atoms with Crippen LogP contribution in [0.2, 0.25) is 0 Å². The van der Waals surface area contributed by atoms with Gasteiger partial charge in [0.05, 0.1) is 12.2 Å². The van der Waals surface area contributed by atoms with Crippen molar-refractivity contribution >= 4 is 5.91 Å². The number of nitrogens with zero attached hydrogens (tertiary/aromatic N) is 7. The van der Waals surface area contributed by atoms with Crippen molar-refractivity contribution in [2.24, 2.45) is 0 Å². The lowest BCUT2D eigenvalue weighted by Gasteiger charge is -2.22. The number of tetrazole rings is 1. The molecule has 1 aliphatic rings. The van der Waals surface area contributed by atoms with E-state index in [0.717, 1.165) is 50.7 Å². The average molecular weight is 329 g/mol. The van der Waals surface area contributed by atoms with Gasteiger partial charge in [0.25, 0.3) is 0 Å². The molecule has 0 spiro atoms. The molecule has 0 N–H and O–H groups in total. The van der Waals surface area contributed by atoms with Crippen molar-refractivity contribution in [3.8, 4) is 0 Å². The Hall–Kier alpha value is -2.35. The van der Waals surface area contributed by atoms with Crippen LogP contribution in [0, 0.1) is 6.92 Å². The number of aryl methyl sites for hydroxylation is 2. The molecule has 2 aromatic heterocycles. The van der Waals surface area contributed by atoms with Gasteiger partial charge in [0.2, 0.25) is 5.91 Å². The molecule has 0 saturated carbocycles. The van der Waals surface area contributed by atoms with Crippen molar-refractivity contribution in [3.05, 3.63) is 35.9 Å². The van der Waals surface area contributed by atoms with Crippen molar-refractivity contribution in [1.82, 2.24) is 35.0 Å². The molecule has 0 aromatic carbocycles. The summed E-state index contributed by atoms with van der Waals surface area (Å²) in [7, 11) is 0. The highest BCUT2D eigenvalue weighted by molar-refractivity contribution is 5.76. The van der Waals surface area contributed by atoms with E-state index in [9.17, 15) is 4.79 Å². The Balaban J connectivity index is 1.48. The largest absolute Gasteiger partial charge is 0.341 e. The topological polar surface area (TPSA) is 80.0 Å². The minimum absolute atomic E-state index is 0.171. The maximum absolute atomic E-state index is 12.4. The highest BCUT2D eigenvalue weighted by Gasteiger charge is 2.19. The highest BCUT2D eigenvalue weighted by Crippen LogP contribution is 2.09. The minimum Gasteiger partial charge on any atom is -0.341 e. The third-order valence-electron chi connectivity index (χ3n) is 4.30. The fraction of sp³-hybridized carbons (Fsp3) is 0.562. The quantitative estimate of drug-likeness (QED) is 0.795. The van der Waals surface area contributed by atoms with E-state index < -0.39 is 0 Å². The molecule has 0 unspecified atom stereocenters. The first kappa shape index (κ1) is 16.5. The smallest absolute Gasteiger partial charge is 0.224 e. The number of amides is 1. The van der Waals surface area contributed by atoms with Gasteiger partial charge < -0.3 is 4.90 Å². The molecule has 0 radical (unpaired) electrons. The van der Waals surface area contributed by atoms with Gasteiger partial charge in [-0.25, -0.2) is 4.68 Å². The molecule has 1 amide bonds. The van der Waals surface area contributed by atoms with Gasteiger partial charge in [-0.1, -0.05) is 6.07 Å². The van der Waals surface area contributed by atoms with Crippen molar-refractivity contribution in [2.75, 3.05) is 26.2 Å². The third kappa shape index (κ3) is 4.35. The van der Waals surface area contributed by atoms with E-state index in [1.807, 2.05) is 36.2 Å². The molecule has 8 nitrogen and oxygen atoms in total. The van der Waals surface area contributed by atoms with E-state index in [1.165, 1.54) is 0 Å². The summed E-state index contributed by atoms with van der Waals surface area (Å²) in [5, 5.41) is 11.3. The van der Waals surface area contributed by atoms with E-state index >= 15 is 0 Å². The number of hydrogen-bond donors (Lipinski definition) is 0. The zero-order valence-corrected chi connectivity index (χ0v) is 14.0. The van der Waals surface area contributed by atoms with E-state index in [4.69, 9.17) is 0 Å². The number of pyridine rings is 1. The Morgan fingerprint density at radius 2 is 2.12 bits per heavy atom. The lowest BCUT2D eigenvalue weighted by Crippen LogP contribution is -2.35. The molecule has 0 aliphatic carbocycles. The predicted octanol–water partition coefficient (Wildman–Crippen LogP) is 0.501. The van der Waals surface area contributed by atoms with Gasteiger partial charge in [0, 0.05) is 45.3 Å². The normalized spacial score (nSPS) is 16.1. The minimum atomic E-state index is 0.171. The zero-order chi connectivity index (χ0) is 16.8. The van der Waals surface area contributed by atoms with Crippen molar-refractivity contribution in [3.63, 3.8) is 0 Å². The highest BCUT2D eigenvalue weighted by atomic mass is 16.2. The number of carbonyl (C=O) groups excluding carboxylic acids is 1. The third-order valence-corrected chi connectivity index (χ3v) is 4.30. The van der Waals surface area contributed by atoms with Crippen LogP contribution in [0.15, 0.2) is 24.4 Å². The van der Waals surface area contributed by atoms with Crippen LogP contribution < -0.4 is 0 Å². The van der Waals surface area contributed by atoms with Gasteiger partial charge in [-0.2, -0.15) is 0 Å². The van der Waals surface area contributed by atoms with E-state index in [-0.39, 0.29) is 5.91 Å². The zero-order valence-electron chi connectivity index (χ0n) is 14.0. The summed E-state index contributed by atoms with van der Waals surface area (Å²) >= 11 is 0. The summed E-state index contributed by atoms with van der Waals surface area (Å²) in [6.45, 7) is 6.66. The summed E-state index contributed by atoms with van der Waals surface area (Å²) in [6.07, 6.45) is 3.25. The molecule has 1 fully saturated rings. The first-order valence-corrected chi connectivity index (χ1v) is 8.35. The number of rotatable bonds is 5. The fourth-order valence-corrected chi connectivity index (χ4v) is 2.91. The van der Waals surface area contributed by atoms with Crippen molar-refractivity contribution in [1.29, 1.82) is 0 Å². The summed E-state index contributed by atoms with van der Waals surface area (Å²) in [4.78, 5) is 21.1. The van der Waals surface area contributed by atoms with Crippen LogP contribution in [-0.2, 0) is 17.9 Å². The molecule has 1 aliphatic heterocycles. The first-order chi connectivity index (χ1) is 11.7. The van der Waals surface area contributed by atoms with Gasteiger partial charge in [-0.15, -0.1) is 5.10 Å². The lowest BCUT2D eigenvalue weighted by molar-refractivity contribution is -0.131. The molecular weight excluding hydrogens is 306 g/mol. The molecule has 2 aromatic rings. The monoisotopic (exact) mass is 329 g/mol. The summed E-state index contributed by atoms with van der Waals surface area (Å²) in [5.41, 5.74) is 1.08. The molecule has 3 rings (SSSR count). The van der Waals surface area contributed by atoms with Crippen LogP contribution in [0.4, 0.5) is 0 Å².